The zero-order valence-electron chi connectivity index (χ0n) is 16.8. The molecule has 0 atom stereocenters. The minimum absolute atomic E-state index is 0.170. The van der Waals surface area contributed by atoms with Gasteiger partial charge in [0, 0.05) is 30.0 Å². The van der Waals surface area contributed by atoms with E-state index in [1.54, 1.807) is 54.2 Å². The van der Waals surface area contributed by atoms with Crippen LogP contribution in [0.5, 0.6) is 0 Å². The standard InChI is InChI=1S/C21H21ClN4O4S/c1-15-2-5-18(12-20(15)31(28,29)25-8-10-30-11-9-25)24-21(27)16-13-23-26(14-16)19-6-3-17(22)4-7-19/h2-7,12-14H,8-11H2,1H3,(H,24,27). The van der Waals surface area contributed by atoms with Crippen molar-refractivity contribution in [3.8, 4) is 5.69 Å². The minimum atomic E-state index is -3.68. The van der Waals surface area contributed by atoms with E-state index < -0.39 is 15.9 Å². The molecule has 1 aliphatic heterocycles. The maximum atomic E-state index is 13.0. The van der Waals surface area contributed by atoms with E-state index in [1.807, 2.05) is 0 Å². The number of hydrogen-bond donors (Lipinski definition) is 1. The van der Waals surface area contributed by atoms with E-state index in [-0.39, 0.29) is 4.90 Å². The third-order valence-corrected chi connectivity index (χ3v) is 7.26. The van der Waals surface area contributed by atoms with Crippen molar-refractivity contribution in [3.63, 3.8) is 0 Å². The van der Waals surface area contributed by atoms with Crippen LogP contribution >= 0.6 is 11.6 Å². The predicted molar refractivity (Wildman–Crippen MR) is 117 cm³/mol. The Kier molecular flexibility index (Phi) is 6.10. The lowest BCUT2D eigenvalue weighted by Crippen LogP contribution is -2.40. The lowest BCUT2D eigenvalue weighted by molar-refractivity contribution is 0.0730. The summed E-state index contributed by atoms with van der Waals surface area (Å²) < 4.78 is 34.3. The van der Waals surface area contributed by atoms with E-state index in [1.165, 1.54) is 16.6 Å². The maximum absolute atomic E-state index is 13.0. The van der Waals surface area contributed by atoms with Gasteiger partial charge in [-0.15, -0.1) is 0 Å². The van der Waals surface area contributed by atoms with Crippen molar-refractivity contribution in [1.82, 2.24) is 14.1 Å². The number of amides is 1. The number of ether oxygens (including phenoxy) is 1. The van der Waals surface area contributed by atoms with Crippen LogP contribution < -0.4 is 5.32 Å². The van der Waals surface area contributed by atoms with Crippen LogP contribution in [-0.4, -0.2) is 54.7 Å². The fourth-order valence-corrected chi connectivity index (χ4v) is 5.04. The molecule has 3 aromatic rings. The van der Waals surface area contributed by atoms with Crippen LogP contribution in [0.1, 0.15) is 15.9 Å². The summed E-state index contributed by atoms with van der Waals surface area (Å²) in [7, 11) is -3.68. The molecule has 2 aromatic carbocycles. The second-order valence-electron chi connectivity index (χ2n) is 7.10. The Morgan fingerprint density at radius 2 is 1.84 bits per heavy atom. The summed E-state index contributed by atoms with van der Waals surface area (Å²) in [5.74, 6) is -0.390. The molecule has 10 heteroatoms. The molecule has 1 aromatic heterocycles. The Morgan fingerprint density at radius 3 is 2.55 bits per heavy atom. The number of hydrogen-bond acceptors (Lipinski definition) is 5. The summed E-state index contributed by atoms with van der Waals surface area (Å²) in [6.07, 6.45) is 3.04. The zero-order chi connectivity index (χ0) is 22.0. The molecule has 162 valence electrons. The highest BCUT2D eigenvalue weighted by molar-refractivity contribution is 7.89. The highest BCUT2D eigenvalue weighted by atomic mass is 35.5. The molecule has 1 N–H and O–H groups in total. The monoisotopic (exact) mass is 460 g/mol. The molecule has 0 aliphatic carbocycles. The van der Waals surface area contributed by atoms with Gasteiger partial charge in [0.2, 0.25) is 10.0 Å². The molecule has 8 nitrogen and oxygen atoms in total. The Labute approximate surface area is 185 Å². The van der Waals surface area contributed by atoms with Crippen molar-refractivity contribution in [2.75, 3.05) is 31.6 Å². The lowest BCUT2D eigenvalue weighted by atomic mass is 10.2. The quantitative estimate of drug-likeness (QED) is 0.631. The molecular weight excluding hydrogens is 440 g/mol. The second-order valence-corrected chi connectivity index (χ2v) is 9.44. The Balaban J connectivity index is 1.54. The van der Waals surface area contributed by atoms with Gasteiger partial charge >= 0.3 is 0 Å². The van der Waals surface area contributed by atoms with Crippen molar-refractivity contribution >= 4 is 33.2 Å². The number of carbonyl (C=O) groups excluding carboxylic acids is 1. The molecule has 2 heterocycles. The number of aromatic nitrogens is 2. The van der Waals surface area contributed by atoms with Gasteiger partial charge < -0.3 is 10.1 Å². The van der Waals surface area contributed by atoms with Crippen molar-refractivity contribution in [2.45, 2.75) is 11.8 Å². The number of benzene rings is 2. The van der Waals surface area contributed by atoms with Gasteiger partial charge in [-0.25, -0.2) is 13.1 Å². The van der Waals surface area contributed by atoms with Gasteiger partial charge in [0.25, 0.3) is 5.91 Å². The average Bonchev–Trinajstić information content (AvgIpc) is 3.26. The summed E-state index contributed by atoms with van der Waals surface area (Å²) in [6, 6.07) is 11.9. The first kappa shape index (κ1) is 21.5. The molecule has 4 rings (SSSR count). The minimum Gasteiger partial charge on any atom is -0.379 e. The molecular formula is C21H21ClN4O4S. The summed E-state index contributed by atoms with van der Waals surface area (Å²) in [4.78, 5) is 12.9. The molecule has 1 aliphatic rings. The van der Waals surface area contributed by atoms with E-state index >= 15 is 0 Å². The van der Waals surface area contributed by atoms with Crippen molar-refractivity contribution in [3.05, 3.63) is 71.0 Å². The molecule has 1 saturated heterocycles. The van der Waals surface area contributed by atoms with Gasteiger partial charge in [-0.05, 0) is 48.9 Å². The van der Waals surface area contributed by atoms with Crippen LogP contribution in [0.4, 0.5) is 5.69 Å². The average molecular weight is 461 g/mol. The topological polar surface area (TPSA) is 93.5 Å². The molecule has 0 unspecified atom stereocenters. The number of morpholine rings is 1. The van der Waals surface area contributed by atoms with Gasteiger partial charge in [-0.1, -0.05) is 17.7 Å². The lowest BCUT2D eigenvalue weighted by Gasteiger charge is -2.26. The van der Waals surface area contributed by atoms with Crippen molar-refractivity contribution < 1.29 is 17.9 Å². The van der Waals surface area contributed by atoms with E-state index in [4.69, 9.17) is 16.3 Å². The number of sulfonamides is 1. The number of nitrogens with zero attached hydrogens (tertiary/aromatic N) is 3. The number of anilines is 1. The van der Waals surface area contributed by atoms with Crippen molar-refractivity contribution in [1.29, 1.82) is 0 Å². The molecule has 31 heavy (non-hydrogen) atoms. The Morgan fingerprint density at radius 1 is 1.13 bits per heavy atom. The summed E-state index contributed by atoms with van der Waals surface area (Å²) in [6.45, 7) is 3.08. The number of rotatable bonds is 5. The maximum Gasteiger partial charge on any atom is 0.258 e. The van der Waals surface area contributed by atoms with Crippen LogP contribution in [0.15, 0.2) is 59.8 Å². The summed E-state index contributed by atoms with van der Waals surface area (Å²) >= 11 is 5.90. The molecule has 0 saturated carbocycles. The molecule has 1 fully saturated rings. The molecule has 0 spiro atoms. The van der Waals surface area contributed by atoms with Gasteiger partial charge in [0.1, 0.15) is 0 Å². The Hall–Kier alpha value is -2.72. The number of carbonyl (C=O) groups is 1. The summed E-state index contributed by atoms with van der Waals surface area (Å²) in [5, 5.41) is 7.57. The third kappa shape index (κ3) is 4.64. The van der Waals surface area contributed by atoms with E-state index in [2.05, 4.69) is 10.4 Å². The van der Waals surface area contributed by atoms with Gasteiger partial charge in [0.05, 0.1) is 35.6 Å². The zero-order valence-corrected chi connectivity index (χ0v) is 18.4. The SMILES string of the molecule is Cc1ccc(NC(=O)c2cnn(-c3ccc(Cl)cc3)c2)cc1S(=O)(=O)N1CCOCC1. The first-order valence-corrected chi connectivity index (χ1v) is 11.5. The fourth-order valence-electron chi connectivity index (χ4n) is 3.26. The third-order valence-electron chi connectivity index (χ3n) is 4.97. The smallest absolute Gasteiger partial charge is 0.258 e. The second kappa shape index (κ2) is 8.80. The number of aryl methyl sites for hydroxylation is 1. The van der Waals surface area contributed by atoms with Gasteiger partial charge in [-0.2, -0.15) is 9.40 Å². The van der Waals surface area contributed by atoms with Crippen molar-refractivity contribution in [2.24, 2.45) is 0 Å². The van der Waals surface area contributed by atoms with Crippen LogP contribution in [-0.2, 0) is 14.8 Å². The largest absolute Gasteiger partial charge is 0.379 e. The Bertz CT molecular complexity index is 1200. The number of nitrogens with one attached hydrogen (secondary N) is 1. The van der Waals surface area contributed by atoms with E-state index in [9.17, 15) is 13.2 Å². The van der Waals surface area contributed by atoms with Gasteiger partial charge in [0.15, 0.2) is 0 Å². The highest BCUT2D eigenvalue weighted by Gasteiger charge is 2.28. The fraction of sp³-hybridized carbons (Fsp3) is 0.238. The van der Waals surface area contributed by atoms with Crippen LogP contribution in [0.25, 0.3) is 5.69 Å². The van der Waals surface area contributed by atoms with E-state index in [0.29, 0.717) is 48.1 Å². The summed E-state index contributed by atoms with van der Waals surface area (Å²) in [5.41, 5.74) is 2.10. The van der Waals surface area contributed by atoms with Crippen LogP contribution in [0.2, 0.25) is 5.02 Å². The molecule has 0 radical (unpaired) electrons. The van der Waals surface area contributed by atoms with E-state index in [0.717, 1.165) is 5.69 Å². The van der Waals surface area contributed by atoms with Crippen LogP contribution in [0.3, 0.4) is 0 Å². The highest BCUT2D eigenvalue weighted by Crippen LogP contribution is 2.25. The van der Waals surface area contributed by atoms with Crippen LogP contribution in [0, 0.1) is 6.92 Å². The number of halogens is 1. The van der Waals surface area contributed by atoms with Gasteiger partial charge in [-0.3, -0.25) is 4.79 Å². The predicted octanol–water partition coefficient (Wildman–Crippen LogP) is 3.11. The first-order chi connectivity index (χ1) is 14.8. The normalized spacial score (nSPS) is 15.0. The molecule has 1 amide bonds. The molecule has 0 bridgehead atoms. The first-order valence-electron chi connectivity index (χ1n) is 9.65.